The van der Waals surface area contributed by atoms with Crippen LogP contribution in [0.3, 0.4) is 0 Å². The molecule has 138 valence electrons. The number of hydrogen-bond acceptors (Lipinski definition) is 5. The number of aromatic nitrogens is 3. The van der Waals surface area contributed by atoms with Gasteiger partial charge in [0.05, 0.1) is 25.6 Å². The molecule has 0 unspecified atom stereocenters. The van der Waals surface area contributed by atoms with Crippen LogP contribution in [0.4, 0.5) is 0 Å². The van der Waals surface area contributed by atoms with Crippen molar-refractivity contribution in [2.24, 2.45) is 0 Å². The molecular weight excluding hydrogens is 330 g/mol. The van der Waals surface area contributed by atoms with E-state index in [1.165, 1.54) is 6.42 Å². The summed E-state index contributed by atoms with van der Waals surface area (Å²) in [5.74, 6) is 2.85. The molecule has 0 aliphatic carbocycles. The third-order valence-electron chi connectivity index (χ3n) is 5.17. The first-order chi connectivity index (χ1) is 12.7. The fourth-order valence-electron chi connectivity index (χ4n) is 3.68. The van der Waals surface area contributed by atoms with E-state index in [0.29, 0.717) is 32.2 Å². The van der Waals surface area contributed by atoms with Gasteiger partial charge in [-0.15, -0.1) is 10.2 Å². The van der Waals surface area contributed by atoms with Gasteiger partial charge < -0.3 is 19.5 Å². The molecule has 1 saturated heterocycles. The molecule has 7 heteroatoms. The maximum Gasteiger partial charge on any atom is 0.226 e. The van der Waals surface area contributed by atoms with Crippen molar-refractivity contribution in [1.82, 2.24) is 25.0 Å². The van der Waals surface area contributed by atoms with Crippen LogP contribution in [0.2, 0.25) is 0 Å². The number of nitrogens with zero attached hydrogens (tertiary/aromatic N) is 4. The van der Waals surface area contributed by atoms with E-state index in [2.05, 4.69) is 20.1 Å². The van der Waals surface area contributed by atoms with Crippen LogP contribution in [0.25, 0.3) is 0 Å². The van der Waals surface area contributed by atoms with Crippen LogP contribution in [0, 0.1) is 6.92 Å². The van der Waals surface area contributed by atoms with Crippen molar-refractivity contribution in [3.8, 4) is 5.75 Å². The van der Waals surface area contributed by atoms with E-state index in [-0.39, 0.29) is 5.91 Å². The standard InChI is InChI=1S/C19H25N5O2/c1-14-5-2-3-7-16(14)26-12-8-18(25)23-10-11-24-17(13-23)21-22-19(24)15-6-4-9-20-15/h2-3,5,7,15,20H,4,6,8-13H2,1H3/t15-/m0/s1. The summed E-state index contributed by atoms with van der Waals surface area (Å²) in [4.78, 5) is 14.4. The summed E-state index contributed by atoms with van der Waals surface area (Å²) in [6, 6.07) is 8.17. The van der Waals surface area contributed by atoms with E-state index in [4.69, 9.17) is 4.74 Å². The number of ether oxygens (including phenoxy) is 1. The van der Waals surface area contributed by atoms with E-state index in [0.717, 1.165) is 42.5 Å². The second-order valence-electron chi connectivity index (χ2n) is 6.95. The van der Waals surface area contributed by atoms with Crippen molar-refractivity contribution in [1.29, 1.82) is 0 Å². The molecule has 1 atom stereocenters. The van der Waals surface area contributed by atoms with Gasteiger partial charge in [0.1, 0.15) is 11.6 Å². The Morgan fingerprint density at radius 2 is 2.19 bits per heavy atom. The molecule has 26 heavy (non-hydrogen) atoms. The van der Waals surface area contributed by atoms with Crippen LogP contribution in [0.1, 0.15) is 42.5 Å². The molecule has 0 bridgehead atoms. The minimum absolute atomic E-state index is 0.105. The molecule has 1 N–H and O–H groups in total. The highest BCUT2D eigenvalue weighted by molar-refractivity contribution is 5.76. The van der Waals surface area contributed by atoms with Gasteiger partial charge >= 0.3 is 0 Å². The van der Waals surface area contributed by atoms with Crippen molar-refractivity contribution < 1.29 is 9.53 Å². The molecule has 7 nitrogen and oxygen atoms in total. The summed E-state index contributed by atoms with van der Waals surface area (Å²) in [6.07, 6.45) is 2.66. The van der Waals surface area contributed by atoms with Gasteiger partial charge in [0.2, 0.25) is 5.91 Å². The number of rotatable bonds is 5. The summed E-state index contributed by atoms with van der Waals surface area (Å²) in [5, 5.41) is 12.2. The maximum atomic E-state index is 12.5. The van der Waals surface area contributed by atoms with Gasteiger partial charge in [-0.1, -0.05) is 18.2 Å². The van der Waals surface area contributed by atoms with Gasteiger partial charge in [0.15, 0.2) is 5.82 Å². The number of benzene rings is 1. The Kier molecular flexibility index (Phi) is 4.88. The molecule has 2 aliphatic rings. The maximum absolute atomic E-state index is 12.5. The van der Waals surface area contributed by atoms with Crippen LogP contribution in [-0.4, -0.2) is 45.3 Å². The lowest BCUT2D eigenvalue weighted by Gasteiger charge is -2.28. The minimum atomic E-state index is 0.105. The fraction of sp³-hybridized carbons (Fsp3) is 0.526. The van der Waals surface area contributed by atoms with Gasteiger partial charge in [-0.05, 0) is 37.9 Å². The van der Waals surface area contributed by atoms with E-state index in [1.54, 1.807) is 0 Å². The largest absolute Gasteiger partial charge is 0.493 e. The highest BCUT2D eigenvalue weighted by Gasteiger charge is 2.28. The number of carbonyl (C=O) groups excluding carboxylic acids is 1. The lowest BCUT2D eigenvalue weighted by molar-refractivity contribution is -0.133. The van der Waals surface area contributed by atoms with Crippen molar-refractivity contribution in [2.45, 2.75) is 45.3 Å². The Bertz CT molecular complexity index is 782. The predicted octanol–water partition coefficient (Wildman–Crippen LogP) is 1.82. The Morgan fingerprint density at radius 3 is 3.00 bits per heavy atom. The zero-order valence-electron chi connectivity index (χ0n) is 15.1. The molecule has 1 amide bonds. The Hall–Kier alpha value is -2.41. The van der Waals surface area contributed by atoms with Crippen LogP contribution < -0.4 is 10.1 Å². The zero-order chi connectivity index (χ0) is 17.9. The fourth-order valence-corrected chi connectivity index (χ4v) is 3.68. The summed E-state index contributed by atoms with van der Waals surface area (Å²) < 4.78 is 7.93. The van der Waals surface area contributed by atoms with Crippen LogP contribution >= 0.6 is 0 Å². The SMILES string of the molecule is Cc1ccccc1OCCC(=O)N1CCn2c(nnc2[C@@H]2CCCN2)C1. The Balaban J connectivity index is 1.32. The van der Waals surface area contributed by atoms with Gasteiger partial charge in [-0.2, -0.15) is 0 Å². The van der Waals surface area contributed by atoms with Crippen molar-refractivity contribution in [3.05, 3.63) is 41.5 Å². The Morgan fingerprint density at radius 1 is 1.31 bits per heavy atom. The van der Waals surface area contributed by atoms with E-state index >= 15 is 0 Å². The topological polar surface area (TPSA) is 72.3 Å². The Labute approximate surface area is 153 Å². The summed E-state index contributed by atoms with van der Waals surface area (Å²) in [6.45, 7) is 5.44. The molecule has 1 aromatic heterocycles. The van der Waals surface area contributed by atoms with Crippen LogP contribution in [-0.2, 0) is 17.9 Å². The smallest absolute Gasteiger partial charge is 0.226 e. The van der Waals surface area contributed by atoms with Gasteiger partial charge in [0, 0.05) is 13.1 Å². The average Bonchev–Trinajstić information content (AvgIpc) is 3.31. The highest BCUT2D eigenvalue weighted by atomic mass is 16.5. The number of hydrogen-bond donors (Lipinski definition) is 1. The van der Waals surface area contributed by atoms with Crippen molar-refractivity contribution in [2.75, 3.05) is 19.7 Å². The highest BCUT2D eigenvalue weighted by Crippen LogP contribution is 2.24. The number of amides is 1. The molecule has 3 heterocycles. The summed E-state index contributed by atoms with van der Waals surface area (Å²) >= 11 is 0. The van der Waals surface area contributed by atoms with Gasteiger partial charge in [0.25, 0.3) is 0 Å². The average molecular weight is 355 g/mol. The first kappa shape index (κ1) is 17.0. The summed E-state index contributed by atoms with van der Waals surface area (Å²) in [5.41, 5.74) is 1.08. The summed E-state index contributed by atoms with van der Waals surface area (Å²) in [7, 11) is 0. The van der Waals surface area contributed by atoms with Crippen molar-refractivity contribution in [3.63, 3.8) is 0 Å². The number of aryl methyl sites for hydroxylation is 1. The van der Waals surface area contributed by atoms with Crippen LogP contribution in [0.5, 0.6) is 5.75 Å². The molecule has 2 aliphatic heterocycles. The lowest BCUT2D eigenvalue weighted by atomic mass is 10.2. The number of nitrogens with one attached hydrogen (secondary N) is 1. The van der Waals surface area contributed by atoms with Gasteiger partial charge in [-0.25, -0.2) is 0 Å². The molecule has 0 spiro atoms. The molecule has 0 saturated carbocycles. The molecule has 1 fully saturated rings. The monoisotopic (exact) mass is 355 g/mol. The first-order valence-corrected chi connectivity index (χ1v) is 9.34. The number of carbonyl (C=O) groups is 1. The minimum Gasteiger partial charge on any atom is -0.493 e. The van der Waals surface area contributed by atoms with E-state index < -0.39 is 0 Å². The first-order valence-electron chi connectivity index (χ1n) is 9.34. The predicted molar refractivity (Wildman–Crippen MR) is 96.7 cm³/mol. The second-order valence-corrected chi connectivity index (χ2v) is 6.95. The molecule has 2 aromatic rings. The third kappa shape index (κ3) is 3.44. The second kappa shape index (κ2) is 7.45. The third-order valence-corrected chi connectivity index (χ3v) is 5.17. The van der Waals surface area contributed by atoms with E-state index in [1.807, 2.05) is 36.1 Å². The number of para-hydroxylation sites is 1. The molecule has 0 radical (unpaired) electrons. The number of fused-ring (bicyclic) bond motifs is 1. The van der Waals surface area contributed by atoms with Crippen molar-refractivity contribution >= 4 is 5.91 Å². The van der Waals surface area contributed by atoms with Gasteiger partial charge in [-0.3, -0.25) is 4.79 Å². The molecule has 4 rings (SSSR count). The zero-order valence-corrected chi connectivity index (χ0v) is 15.1. The van der Waals surface area contributed by atoms with E-state index in [9.17, 15) is 4.79 Å². The van der Waals surface area contributed by atoms with Crippen LogP contribution in [0.15, 0.2) is 24.3 Å². The molecule has 1 aromatic carbocycles. The quantitative estimate of drug-likeness (QED) is 0.886. The normalized spacial score (nSPS) is 19.4. The molecular formula is C19H25N5O2. The lowest BCUT2D eigenvalue weighted by Crippen LogP contribution is -2.39.